The summed E-state index contributed by atoms with van der Waals surface area (Å²) < 4.78 is 5.22. The molecule has 1 saturated heterocycles. The molecule has 1 aromatic rings. The smallest absolute Gasteiger partial charge is 0.246 e. The highest BCUT2D eigenvalue weighted by Gasteiger charge is 2.27. The van der Waals surface area contributed by atoms with Crippen LogP contribution >= 0.6 is 0 Å². The lowest BCUT2D eigenvalue weighted by Crippen LogP contribution is -2.42. The number of piperidine rings is 1. The number of carbonyl (C=O) groups is 2. The van der Waals surface area contributed by atoms with Crippen LogP contribution < -0.4 is 5.32 Å². The maximum absolute atomic E-state index is 12.5. The second-order valence-corrected chi connectivity index (χ2v) is 8.72. The fraction of sp³-hybridized carbons (Fsp3) is 0.667. The molecule has 0 radical (unpaired) electrons. The highest BCUT2D eigenvalue weighted by molar-refractivity contribution is 5.91. The van der Waals surface area contributed by atoms with E-state index in [0.717, 1.165) is 51.2 Å². The third-order valence-electron chi connectivity index (χ3n) is 6.61. The van der Waals surface area contributed by atoms with Crippen LogP contribution in [0.15, 0.2) is 28.9 Å². The molecule has 1 saturated carbocycles. The van der Waals surface area contributed by atoms with Crippen LogP contribution in [0.1, 0.15) is 70.5 Å². The van der Waals surface area contributed by atoms with Gasteiger partial charge in [0.05, 0.1) is 6.26 Å². The zero-order valence-corrected chi connectivity index (χ0v) is 17.8. The molecule has 2 fully saturated rings. The molecular weight excluding hydrogens is 364 g/mol. The summed E-state index contributed by atoms with van der Waals surface area (Å²) in [5, 5.41) is 3.20. The first kappa shape index (κ1) is 21.7. The van der Waals surface area contributed by atoms with E-state index < -0.39 is 0 Å². The first-order valence-corrected chi connectivity index (χ1v) is 11.4. The Morgan fingerprint density at radius 3 is 2.55 bits per heavy atom. The molecule has 1 aliphatic carbocycles. The lowest BCUT2D eigenvalue weighted by atomic mass is 9.79. The van der Waals surface area contributed by atoms with Crippen molar-refractivity contribution in [2.45, 2.75) is 64.7 Å². The van der Waals surface area contributed by atoms with Gasteiger partial charge in [0.15, 0.2) is 0 Å². The van der Waals surface area contributed by atoms with Crippen LogP contribution in [-0.2, 0) is 9.59 Å². The first-order valence-electron chi connectivity index (χ1n) is 11.4. The minimum absolute atomic E-state index is 0.0312. The number of amides is 2. The second-order valence-electron chi connectivity index (χ2n) is 8.72. The number of hydrogen-bond acceptors (Lipinski definition) is 3. The lowest BCUT2D eigenvalue weighted by Gasteiger charge is -2.32. The van der Waals surface area contributed by atoms with Crippen LogP contribution in [0.4, 0.5) is 0 Å². The molecule has 2 heterocycles. The van der Waals surface area contributed by atoms with E-state index in [0.29, 0.717) is 11.7 Å². The maximum atomic E-state index is 12.5. The summed E-state index contributed by atoms with van der Waals surface area (Å²) in [6, 6.07) is 3.64. The molecule has 29 heavy (non-hydrogen) atoms. The molecule has 0 unspecified atom stereocenters. The van der Waals surface area contributed by atoms with Crippen molar-refractivity contribution < 1.29 is 14.0 Å². The van der Waals surface area contributed by atoms with Gasteiger partial charge in [0.1, 0.15) is 5.76 Å². The fourth-order valence-corrected chi connectivity index (χ4v) is 4.60. The van der Waals surface area contributed by atoms with Gasteiger partial charge in [0, 0.05) is 31.6 Å². The monoisotopic (exact) mass is 400 g/mol. The summed E-state index contributed by atoms with van der Waals surface area (Å²) in [4.78, 5) is 26.7. The molecule has 1 N–H and O–H groups in total. The Morgan fingerprint density at radius 1 is 1.14 bits per heavy atom. The van der Waals surface area contributed by atoms with Gasteiger partial charge < -0.3 is 14.6 Å². The predicted molar refractivity (Wildman–Crippen MR) is 115 cm³/mol. The van der Waals surface area contributed by atoms with Crippen molar-refractivity contribution in [1.29, 1.82) is 0 Å². The fourth-order valence-electron chi connectivity index (χ4n) is 4.60. The van der Waals surface area contributed by atoms with Crippen molar-refractivity contribution in [1.82, 2.24) is 10.2 Å². The van der Waals surface area contributed by atoms with Gasteiger partial charge in [-0.1, -0.05) is 26.2 Å². The molecule has 5 heteroatoms. The van der Waals surface area contributed by atoms with Crippen LogP contribution in [0.2, 0.25) is 0 Å². The van der Waals surface area contributed by atoms with E-state index in [4.69, 9.17) is 4.42 Å². The minimum Gasteiger partial charge on any atom is -0.465 e. The summed E-state index contributed by atoms with van der Waals surface area (Å²) in [6.07, 6.45) is 15.2. The van der Waals surface area contributed by atoms with E-state index in [9.17, 15) is 9.59 Å². The standard InChI is InChI=1S/C24H36N2O3/c1-2-3-5-19-7-9-21(10-8-19)24(28)25-18-20-13-15-26(16-14-20)23(27)12-11-22-6-4-17-29-22/h4,6,11-12,17,19-21H,2-3,5,7-10,13-16,18H2,1H3,(H,25,28)/b12-11+. The molecule has 0 spiro atoms. The topological polar surface area (TPSA) is 62.6 Å². The molecule has 2 aliphatic rings. The van der Waals surface area contributed by atoms with Crippen LogP contribution in [0.5, 0.6) is 0 Å². The van der Waals surface area contributed by atoms with Gasteiger partial charge in [0.25, 0.3) is 0 Å². The van der Waals surface area contributed by atoms with Crippen LogP contribution in [0.3, 0.4) is 0 Å². The average Bonchev–Trinajstić information content (AvgIpc) is 3.29. The van der Waals surface area contributed by atoms with Crippen molar-refractivity contribution in [2.75, 3.05) is 19.6 Å². The lowest BCUT2D eigenvalue weighted by molar-refractivity contribution is -0.128. The molecular formula is C24H36N2O3. The first-order chi connectivity index (χ1) is 14.2. The number of likely N-dealkylation sites (tertiary alicyclic amines) is 1. The Labute approximate surface area is 174 Å². The molecule has 0 aromatic carbocycles. The molecule has 0 atom stereocenters. The minimum atomic E-state index is 0.0312. The zero-order valence-electron chi connectivity index (χ0n) is 17.8. The highest BCUT2D eigenvalue weighted by Crippen LogP contribution is 2.32. The van der Waals surface area contributed by atoms with Gasteiger partial charge >= 0.3 is 0 Å². The third kappa shape index (κ3) is 6.76. The van der Waals surface area contributed by atoms with Gasteiger partial charge in [-0.05, 0) is 68.6 Å². The molecule has 1 aliphatic heterocycles. The number of furan rings is 1. The third-order valence-corrected chi connectivity index (χ3v) is 6.61. The van der Waals surface area contributed by atoms with Gasteiger partial charge in [-0.15, -0.1) is 0 Å². The molecule has 3 rings (SSSR count). The summed E-state index contributed by atoms with van der Waals surface area (Å²) in [6.45, 7) is 4.50. The SMILES string of the molecule is CCCCC1CCC(C(=O)NCC2CCN(C(=O)/C=C/c3ccco3)CC2)CC1. The van der Waals surface area contributed by atoms with Crippen molar-refractivity contribution in [2.24, 2.45) is 17.8 Å². The van der Waals surface area contributed by atoms with Gasteiger partial charge in [-0.2, -0.15) is 0 Å². The van der Waals surface area contributed by atoms with Crippen LogP contribution in [0.25, 0.3) is 6.08 Å². The van der Waals surface area contributed by atoms with Crippen LogP contribution in [-0.4, -0.2) is 36.3 Å². The Morgan fingerprint density at radius 2 is 1.90 bits per heavy atom. The Balaban J connectivity index is 1.31. The number of unbranched alkanes of at least 4 members (excludes halogenated alkanes) is 1. The van der Waals surface area contributed by atoms with Crippen molar-refractivity contribution >= 4 is 17.9 Å². The van der Waals surface area contributed by atoms with E-state index in [1.54, 1.807) is 18.4 Å². The van der Waals surface area contributed by atoms with Crippen molar-refractivity contribution in [3.05, 3.63) is 30.2 Å². The molecule has 0 bridgehead atoms. The van der Waals surface area contributed by atoms with E-state index in [1.165, 1.54) is 32.1 Å². The number of nitrogens with zero attached hydrogens (tertiary/aromatic N) is 1. The Hall–Kier alpha value is -2.04. The largest absolute Gasteiger partial charge is 0.465 e. The number of hydrogen-bond donors (Lipinski definition) is 1. The maximum Gasteiger partial charge on any atom is 0.246 e. The summed E-state index contributed by atoms with van der Waals surface area (Å²) in [7, 11) is 0. The summed E-state index contributed by atoms with van der Waals surface area (Å²) in [5.41, 5.74) is 0. The van der Waals surface area contributed by atoms with Gasteiger partial charge in [-0.25, -0.2) is 0 Å². The quantitative estimate of drug-likeness (QED) is 0.647. The second kappa shape index (κ2) is 11.2. The van der Waals surface area contributed by atoms with E-state index >= 15 is 0 Å². The van der Waals surface area contributed by atoms with Gasteiger partial charge in [-0.3, -0.25) is 9.59 Å². The molecule has 1 aromatic heterocycles. The number of nitrogens with one attached hydrogen (secondary N) is 1. The highest BCUT2D eigenvalue weighted by atomic mass is 16.3. The van der Waals surface area contributed by atoms with E-state index in [1.807, 2.05) is 17.0 Å². The molecule has 5 nitrogen and oxygen atoms in total. The number of carbonyl (C=O) groups excluding carboxylic acids is 2. The van der Waals surface area contributed by atoms with E-state index in [-0.39, 0.29) is 17.7 Å². The van der Waals surface area contributed by atoms with Crippen molar-refractivity contribution in [3.63, 3.8) is 0 Å². The number of rotatable bonds is 8. The summed E-state index contributed by atoms with van der Waals surface area (Å²) in [5.74, 6) is 2.49. The van der Waals surface area contributed by atoms with Gasteiger partial charge in [0.2, 0.25) is 11.8 Å². The Kier molecular flexibility index (Phi) is 8.38. The molecule has 160 valence electrons. The summed E-state index contributed by atoms with van der Waals surface area (Å²) >= 11 is 0. The predicted octanol–water partition coefficient (Wildman–Crippen LogP) is 4.64. The Bertz CT molecular complexity index is 652. The van der Waals surface area contributed by atoms with Crippen molar-refractivity contribution in [3.8, 4) is 0 Å². The van der Waals surface area contributed by atoms with Crippen LogP contribution in [0, 0.1) is 17.8 Å². The van der Waals surface area contributed by atoms with E-state index in [2.05, 4.69) is 12.2 Å². The average molecular weight is 401 g/mol. The molecule has 2 amide bonds. The zero-order chi connectivity index (χ0) is 20.5. The normalized spacial score (nSPS) is 23.4.